The maximum absolute atomic E-state index is 11.1. The number of nitrogens with zero attached hydrogens (tertiary/aromatic N) is 1. The largest absolute Gasteiger partial charge is 0.457 e. The van der Waals surface area contributed by atoms with Gasteiger partial charge < -0.3 is 9.73 Å². The highest BCUT2D eigenvalue weighted by molar-refractivity contribution is 9.10. The monoisotopic (exact) mass is 338 g/mol. The minimum atomic E-state index is -0.344. The van der Waals surface area contributed by atoms with Crippen LogP contribution in [-0.4, -0.2) is 11.5 Å². The second-order valence-electron chi connectivity index (χ2n) is 4.35. The van der Waals surface area contributed by atoms with Crippen LogP contribution < -0.4 is 5.32 Å². The van der Waals surface area contributed by atoms with Crippen molar-refractivity contribution < 1.29 is 9.34 Å². The van der Waals surface area contributed by atoms with Gasteiger partial charge in [-0.05, 0) is 35.0 Å². The van der Waals surface area contributed by atoms with Crippen molar-refractivity contribution in [2.75, 3.05) is 6.54 Å². The molecule has 106 valence electrons. The number of likely N-dealkylation sites (N-methyl/N-ethyl adjacent to an activating group) is 1. The Morgan fingerprint density at radius 2 is 2.15 bits per heavy atom. The number of furan rings is 1. The molecule has 0 fully saturated rings. The lowest BCUT2D eigenvalue weighted by molar-refractivity contribution is -0.385. The summed E-state index contributed by atoms with van der Waals surface area (Å²) in [7, 11) is 0. The number of benzene rings is 1. The molecule has 0 saturated carbocycles. The van der Waals surface area contributed by atoms with Gasteiger partial charge >= 0.3 is 0 Å². The third-order valence-corrected chi connectivity index (χ3v) is 3.73. The molecule has 0 aliphatic carbocycles. The fraction of sp³-hybridized carbons (Fsp3) is 0.286. The van der Waals surface area contributed by atoms with Gasteiger partial charge in [-0.3, -0.25) is 10.1 Å². The van der Waals surface area contributed by atoms with Crippen LogP contribution in [0.4, 0.5) is 5.69 Å². The van der Waals surface area contributed by atoms with Gasteiger partial charge in [-0.15, -0.1) is 0 Å². The summed E-state index contributed by atoms with van der Waals surface area (Å²) in [6.07, 6.45) is 2.13. The van der Waals surface area contributed by atoms with Gasteiger partial charge in [0, 0.05) is 23.2 Å². The van der Waals surface area contributed by atoms with E-state index in [1.165, 1.54) is 6.07 Å². The van der Waals surface area contributed by atoms with E-state index >= 15 is 0 Å². The van der Waals surface area contributed by atoms with Gasteiger partial charge in [0.05, 0.1) is 11.2 Å². The molecule has 6 heteroatoms. The number of hydrogen-bond donors (Lipinski definition) is 1. The van der Waals surface area contributed by atoms with Gasteiger partial charge in [-0.25, -0.2) is 0 Å². The molecule has 1 unspecified atom stereocenters. The predicted octanol–water partition coefficient (Wildman–Crippen LogP) is 3.84. The van der Waals surface area contributed by atoms with Gasteiger partial charge in [0.15, 0.2) is 4.67 Å². The molecule has 0 spiro atoms. The second-order valence-corrected chi connectivity index (χ2v) is 5.07. The summed E-state index contributed by atoms with van der Waals surface area (Å²) in [4.78, 5) is 10.7. The van der Waals surface area contributed by atoms with Crippen molar-refractivity contribution in [1.29, 1.82) is 0 Å². The van der Waals surface area contributed by atoms with E-state index < -0.39 is 0 Å². The molecule has 20 heavy (non-hydrogen) atoms. The molecule has 2 rings (SSSR count). The van der Waals surface area contributed by atoms with Crippen LogP contribution in [0, 0.1) is 10.1 Å². The van der Waals surface area contributed by atoms with Crippen molar-refractivity contribution in [2.24, 2.45) is 0 Å². The van der Waals surface area contributed by atoms with Gasteiger partial charge in [-0.1, -0.05) is 25.1 Å². The Morgan fingerprint density at radius 3 is 2.75 bits per heavy atom. The molecule has 0 radical (unpaired) electrons. The Kier molecular flexibility index (Phi) is 4.92. The molecule has 1 aromatic carbocycles. The van der Waals surface area contributed by atoms with Crippen LogP contribution in [0.15, 0.2) is 45.7 Å². The van der Waals surface area contributed by atoms with Gasteiger partial charge in [0.1, 0.15) is 0 Å². The van der Waals surface area contributed by atoms with Crippen LogP contribution in [0.2, 0.25) is 0 Å². The van der Waals surface area contributed by atoms with Gasteiger partial charge in [-0.2, -0.15) is 0 Å². The van der Waals surface area contributed by atoms with Crippen molar-refractivity contribution in [3.63, 3.8) is 0 Å². The molecule has 1 N–H and O–H groups in total. The molecule has 0 aliphatic heterocycles. The fourth-order valence-corrected chi connectivity index (χ4v) is 2.69. The minimum Gasteiger partial charge on any atom is -0.457 e. The number of nitro benzene ring substituents is 1. The quantitative estimate of drug-likeness (QED) is 0.641. The SMILES string of the molecule is CCNC(Cc1ccccc1[N+](=O)[O-])c1ccoc1Br. The highest BCUT2D eigenvalue weighted by Crippen LogP contribution is 2.29. The van der Waals surface area contributed by atoms with E-state index in [0.717, 1.165) is 12.1 Å². The lowest BCUT2D eigenvalue weighted by Crippen LogP contribution is -2.23. The third kappa shape index (κ3) is 3.26. The molecule has 0 amide bonds. The van der Waals surface area contributed by atoms with Crippen LogP contribution in [0.3, 0.4) is 0 Å². The number of para-hydroxylation sites is 1. The van der Waals surface area contributed by atoms with Gasteiger partial charge in [0.25, 0.3) is 5.69 Å². The van der Waals surface area contributed by atoms with Crippen molar-refractivity contribution in [3.05, 3.63) is 62.5 Å². The number of rotatable bonds is 6. The van der Waals surface area contributed by atoms with E-state index in [9.17, 15) is 10.1 Å². The maximum Gasteiger partial charge on any atom is 0.272 e. The Balaban J connectivity index is 2.30. The summed E-state index contributed by atoms with van der Waals surface area (Å²) in [5, 5.41) is 14.4. The van der Waals surface area contributed by atoms with Crippen molar-refractivity contribution in [3.8, 4) is 0 Å². The first-order chi connectivity index (χ1) is 9.63. The van der Waals surface area contributed by atoms with Crippen LogP contribution in [0.25, 0.3) is 0 Å². The van der Waals surface area contributed by atoms with Crippen LogP contribution in [0.1, 0.15) is 24.1 Å². The highest BCUT2D eigenvalue weighted by atomic mass is 79.9. The molecular weight excluding hydrogens is 324 g/mol. The summed E-state index contributed by atoms with van der Waals surface area (Å²) in [5.41, 5.74) is 1.82. The van der Waals surface area contributed by atoms with Crippen molar-refractivity contribution in [1.82, 2.24) is 5.32 Å². The smallest absolute Gasteiger partial charge is 0.272 e. The van der Waals surface area contributed by atoms with E-state index in [-0.39, 0.29) is 16.7 Å². The predicted molar refractivity (Wildman–Crippen MR) is 79.6 cm³/mol. The zero-order chi connectivity index (χ0) is 14.5. The molecule has 0 bridgehead atoms. The summed E-state index contributed by atoms with van der Waals surface area (Å²) in [6.45, 7) is 2.77. The Labute approximate surface area is 125 Å². The third-order valence-electron chi connectivity index (χ3n) is 3.08. The summed E-state index contributed by atoms with van der Waals surface area (Å²) in [6, 6.07) is 8.65. The molecule has 1 aromatic heterocycles. The number of hydrogen-bond acceptors (Lipinski definition) is 4. The van der Waals surface area contributed by atoms with E-state index in [1.54, 1.807) is 18.4 Å². The zero-order valence-corrected chi connectivity index (χ0v) is 12.6. The van der Waals surface area contributed by atoms with Crippen molar-refractivity contribution >= 4 is 21.6 Å². The van der Waals surface area contributed by atoms with E-state index in [0.29, 0.717) is 16.7 Å². The molecule has 0 saturated heterocycles. The first kappa shape index (κ1) is 14.7. The second kappa shape index (κ2) is 6.67. The Hall–Kier alpha value is -1.66. The van der Waals surface area contributed by atoms with Gasteiger partial charge in [0.2, 0.25) is 0 Å². The molecule has 1 atom stereocenters. The molecule has 5 nitrogen and oxygen atoms in total. The summed E-state index contributed by atoms with van der Waals surface area (Å²) < 4.78 is 5.90. The standard InChI is InChI=1S/C14H15BrN2O3/c1-2-16-12(11-7-8-20-14(11)15)9-10-5-3-4-6-13(10)17(18)19/h3-8,12,16H,2,9H2,1H3. The Morgan fingerprint density at radius 1 is 1.40 bits per heavy atom. The van der Waals surface area contributed by atoms with Crippen LogP contribution in [-0.2, 0) is 6.42 Å². The highest BCUT2D eigenvalue weighted by Gasteiger charge is 2.21. The van der Waals surface area contributed by atoms with E-state index in [1.807, 2.05) is 19.1 Å². The fourth-order valence-electron chi connectivity index (χ4n) is 2.17. The zero-order valence-electron chi connectivity index (χ0n) is 11.0. The van der Waals surface area contributed by atoms with Crippen LogP contribution >= 0.6 is 15.9 Å². The van der Waals surface area contributed by atoms with E-state index in [4.69, 9.17) is 4.42 Å². The summed E-state index contributed by atoms with van der Waals surface area (Å²) >= 11 is 3.36. The normalized spacial score (nSPS) is 12.3. The molecule has 2 aromatic rings. The van der Waals surface area contributed by atoms with Crippen molar-refractivity contribution in [2.45, 2.75) is 19.4 Å². The number of nitro groups is 1. The molecule has 1 heterocycles. The first-order valence-corrected chi connectivity index (χ1v) is 7.11. The molecule has 0 aliphatic rings. The average Bonchev–Trinajstić information content (AvgIpc) is 2.85. The lowest BCUT2D eigenvalue weighted by atomic mass is 10.00. The minimum absolute atomic E-state index is 0.0331. The number of nitrogens with one attached hydrogen (secondary N) is 1. The lowest BCUT2D eigenvalue weighted by Gasteiger charge is -2.17. The Bertz CT molecular complexity index is 598. The average molecular weight is 339 g/mol. The maximum atomic E-state index is 11.1. The number of halogens is 1. The first-order valence-electron chi connectivity index (χ1n) is 6.32. The topological polar surface area (TPSA) is 68.3 Å². The molecular formula is C14H15BrN2O3. The summed E-state index contributed by atoms with van der Waals surface area (Å²) in [5.74, 6) is 0. The van der Waals surface area contributed by atoms with E-state index in [2.05, 4.69) is 21.2 Å². The van der Waals surface area contributed by atoms with Crippen LogP contribution in [0.5, 0.6) is 0 Å².